The maximum Gasteiger partial charge on any atom is 0.278 e. The number of hydrogen-bond donors (Lipinski definition) is 0. The standard InChI is InChI=1S/C10H5BrN2/c1-12-10-9-7(5-6-13-10)3-2-4-8(9)11/h2-6H. The Bertz CT molecular complexity index is 494. The van der Waals surface area contributed by atoms with E-state index in [2.05, 4.69) is 25.8 Å². The van der Waals surface area contributed by atoms with Gasteiger partial charge in [0.1, 0.15) is 6.20 Å². The molecule has 0 aliphatic carbocycles. The van der Waals surface area contributed by atoms with E-state index in [0.29, 0.717) is 5.82 Å². The Morgan fingerprint density at radius 1 is 1.31 bits per heavy atom. The van der Waals surface area contributed by atoms with Crippen molar-refractivity contribution < 1.29 is 0 Å². The summed E-state index contributed by atoms with van der Waals surface area (Å²) in [4.78, 5) is 7.37. The zero-order chi connectivity index (χ0) is 9.26. The van der Waals surface area contributed by atoms with E-state index in [4.69, 9.17) is 6.57 Å². The zero-order valence-electron chi connectivity index (χ0n) is 6.66. The first-order chi connectivity index (χ1) is 6.33. The SMILES string of the molecule is [C-]#[N+]c1nccc2cccc(Br)c12. The molecular weight excluding hydrogens is 228 g/mol. The lowest BCUT2D eigenvalue weighted by Crippen LogP contribution is -1.77. The molecule has 0 amide bonds. The van der Waals surface area contributed by atoms with E-state index in [1.165, 1.54) is 0 Å². The molecule has 1 heterocycles. The molecule has 0 fully saturated rings. The van der Waals surface area contributed by atoms with Crippen molar-refractivity contribution in [2.45, 2.75) is 0 Å². The molecule has 0 aliphatic heterocycles. The van der Waals surface area contributed by atoms with Crippen molar-refractivity contribution >= 4 is 32.5 Å². The predicted octanol–water partition coefficient (Wildman–Crippen LogP) is 3.55. The van der Waals surface area contributed by atoms with Crippen LogP contribution in [-0.2, 0) is 0 Å². The number of nitrogens with zero attached hydrogens (tertiary/aromatic N) is 2. The molecule has 0 N–H and O–H groups in total. The molecule has 0 aliphatic rings. The van der Waals surface area contributed by atoms with Crippen LogP contribution in [0.2, 0.25) is 0 Å². The Labute approximate surface area is 84.2 Å². The molecule has 0 atom stereocenters. The fourth-order valence-corrected chi connectivity index (χ4v) is 1.81. The smallest absolute Gasteiger partial charge is 0.278 e. The molecule has 2 aromatic rings. The summed E-state index contributed by atoms with van der Waals surface area (Å²) in [7, 11) is 0. The van der Waals surface area contributed by atoms with Crippen LogP contribution in [0.15, 0.2) is 34.9 Å². The van der Waals surface area contributed by atoms with E-state index in [9.17, 15) is 0 Å². The lowest BCUT2D eigenvalue weighted by molar-refractivity contribution is 1.38. The summed E-state index contributed by atoms with van der Waals surface area (Å²) >= 11 is 3.41. The normalized spacial score (nSPS) is 9.85. The van der Waals surface area contributed by atoms with Crippen LogP contribution in [0.5, 0.6) is 0 Å². The van der Waals surface area contributed by atoms with Gasteiger partial charge in [-0.15, -0.1) is 4.98 Å². The van der Waals surface area contributed by atoms with E-state index in [1.807, 2.05) is 24.3 Å². The van der Waals surface area contributed by atoms with Crippen molar-refractivity contribution in [3.63, 3.8) is 0 Å². The molecule has 1 aromatic carbocycles. The molecule has 0 saturated heterocycles. The van der Waals surface area contributed by atoms with Crippen LogP contribution in [-0.4, -0.2) is 4.98 Å². The third kappa shape index (κ3) is 1.30. The summed E-state index contributed by atoms with van der Waals surface area (Å²) < 4.78 is 0.920. The van der Waals surface area contributed by atoms with Crippen molar-refractivity contribution in [3.05, 3.63) is 46.4 Å². The number of fused-ring (bicyclic) bond motifs is 1. The highest BCUT2D eigenvalue weighted by Crippen LogP contribution is 2.30. The van der Waals surface area contributed by atoms with Crippen molar-refractivity contribution in [1.82, 2.24) is 4.98 Å². The quantitative estimate of drug-likeness (QED) is 0.636. The average molecular weight is 233 g/mol. The Balaban J connectivity index is 2.97. The zero-order valence-corrected chi connectivity index (χ0v) is 8.25. The van der Waals surface area contributed by atoms with Crippen LogP contribution in [0.3, 0.4) is 0 Å². The summed E-state index contributed by atoms with van der Waals surface area (Å²) in [6.07, 6.45) is 1.65. The van der Waals surface area contributed by atoms with Gasteiger partial charge in [0.05, 0.1) is 0 Å². The molecule has 0 unspecified atom stereocenters. The minimum Gasteiger partial charge on any atom is -0.360 e. The van der Waals surface area contributed by atoms with Crippen LogP contribution in [0.1, 0.15) is 0 Å². The second-order valence-electron chi connectivity index (χ2n) is 2.58. The molecule has 13 heavy (non-hydrogen) atoms. The summed E-state index contributed by atoms with van der Waals surface area (Å²) in [5.41, 5.74) is 0. The first kappa shape index (κ1) is 8.21. The number of pyridine rings is 1. The minimum absolute atomic E-state index is 0.449. The molecule has 1 aromatic heterocycles. The fraction of sp³-hybridized carbons (Fsp3) is 0. The summed E-state index contributed by atoms with van der Waals surface area (Å²) in [5, 5.41) is 1.93. The van der Waals surface area contributed by atoms with E-state index in [-0.39, 0.29) is 0 Å². The average Bonchev–Trinajstić information content (AvgIpc) is 2.17. The molecule has 0 saturated carbocycles. The highest BCUT2D eigenvalue weighted by atomic mass is 79.9. The lowest BCUT2D eigenvalue weighted by Gasteiger charge is -2.00. The number of rotatable bonds is 0. The molecule has 2 nitrogen and oxygen atoms in total. The van der Waals surface area contributed by atoms with E-state index >= 15 is 0 Å². The Morgan fingerprint density at radius 2 is 2.15 bits per heavy atom. The van der Waals surface area contributed by atoms with Crippen molar-refractivity contribution in [2.75, 3.05) is 0 Å². The molecular formula is C10H5BrN2. The van der Waals surface area contributed by atoms with Crippen LogP contribution in [0.25, 0.3) is 15.6 Å². The second kappa shape index (κ2) is 3.15. The van der Waals surface area contributed by atoms with Crippen molar-refractivity contribution in [3.8, 4) is 0 Å². The van der Waals surface area contributed by atoms with E-state index in [1.54, 1.807) is 6.20 Å². The van der Waals surface area contributed by atoms with Crippen LogP contribution >= 0.6 is 15.9 Å². The molecule has 62 valence electrons. The number of hydrogen-bond acceptors (Lipinski definition) is 1. The second-order valence-corrected chi connectivity index (χ2v) is 3.44. The van der Waals surface area contributed by atoms with Gasteiger partial charge in [0, 0.05) is 9.86 Å². The topological polar surface area (TPSA) is 17.2 Å². The van der Waals surface area contributed by atoms with Gasteiger partial charge >= 0.3 is 0 Å². The third-order valence-corrected chi connectivity index (χ3v) is 2.49. The van der Waals surface area contributed by atoms with Crippen LogP contribution in [0.4, 0.5) is 5.82 Å². The van der Waals surface area contributed by atoms with Gasteiger partial charge in [-0.05, 0) is 17.5 Å². The Kier molecular flexibility index (Phi) is 1.99. The van der Waals surface area contributed by atoms with Gasteiger partial charge in [-0.1, -0.05) is 34.6 Å². The summed E-state index contributed by atoms with van der Waals surface area (Å²) in [6.45, 7) is 6.96. The van der Waals surface area contributed by atoms with Gasteiger partial charge < -0.3 is 4.85 Å². The molecule has 0 spiro atoms. The Hall–Kier alpha value is -1.40. The van der Waals surface area contributed by atoms with Gasteiger partial charge in [-0.25, -0.2) is 0 Å². The minimum atomic E-state index is 0.449. The molecule has 0 bridgehead atoms. The predicted molar refractivity (Wildman–Crippen MR) is 55.7 cm³/mol. The monoisotopic (exact) mass is 232 g/mol. The van der Waals surface area contributed by atoms with Gasteiger partial charge in [0.15, 0.2) is 0 Å². The van der Waals surface area contributed by atoms with Crippen LogP contribution in [0, 0.1) is 6.57 Å². The maximum atomic E-state index is 6.96. The number of halogens is 1. The highest BCUT2D eigenvalue weighted by molar-refractivity contribution is 9.10. The first-order valence-electron chi connectivity index (χ1n) is 3.73. The fourth-order valence-electron chi connectivity index (χ4n) is 1.25. The van der Waals surface area contributed by atoms with Gasteiger partial charge in [0.2, 0.25) is 0 Å². The first-order valence-corrected chi connectivity index (χ1v) is 4.53. The van der Waals surface area contributed by atoms with Gasteiger partial charge in [0.25, 0.3) is 5.82 Å². The molecule has 2 rings (SSSR count). The lowest BCUT2D eigenvalue weighted by atomic mass is 10.2. The van der Waals surface area contributed by atoms with Gasteiger partial charge in [-0.3, -0.25) is 0 Å². The highest BCUT2D eigenvalue weighted by Gasteiger charge is 2.04. The van der Waals surface area contributed by atoms with E-state index < -0.39 is 0 Å². The van der Waals surface area contributed by atoms with Crippen molar-refractivity contribution in [1.29, 1.82) is 0 Å². The largest absolute Gasteiger partial charge is 0.360 e. The van der Waals surface area contributed by atoms with Crippen molar-refractivity contribution in [2.24, 2.45) is 0 Å². The summed E-state index contributed by atoms with van der Waals surface area (Å²) in [5.74, 6) is 0.449. The number of aromatic nitrogens is 1. The number of benzene rings is 1. The van der Waals surface area contributed by atoms with Crippen LogP contribution < -0.4 is 0 Å². The van der Waals surface area contributed by atoms with E-state index in [0.717, 1.165) is 15.2 Å². The molecule has 0 radical (unpaired) electrons. The van der Waals surface area contributed by atoms with Gasteiger partial charge in [-0.2, -0.15) is 0 Å². The molecule has 3 heteroatoms. The Morgan fingerprint density at radius 3 is 2.92 bits per heavy atom. The maximum absolute atomic E-state index is 6.96. The third-order valence-electron chi connectivity index (χ3n) is 1.83. The summed E-state index contributed by atoms with van der Waals surface area (Å²) in [6, 6.07) is 7.73.